The number of nitrogens with one attached hydrogen (secondary N) is 1. The van der Waals surface area contributed by atoms with Crippen LogP contribution in [-0.2, 0) is 11.3 Å². The van der Waals surface area contributed by atoms with Gasteiger partial charge in [0.25, 0.3) is 11.5 Å². The summed E-state index contributed by atoms with van der Waals surface area (Å²) in [6.45, 7) is 5.17. The van der Waals surface area contributed by atoms with Crippen LogP contribution in [0, 0.1) is 6.92 Å². The first-order valence-corrected chi connectivity index (χ1v) is 12.5. The van der Waals surface area contributed by atoms with Gasteiger partial charge in [0.2, 0.25) is 5.91 Å². The van der Waals surface area contributed by atoms with Crippen molar-refractivity contribution in [3.63, 3.8) is 0 Å². The molecule has 32 heavy (non-hydrogen) atoms. The number of nitrogens with zero attached hydrogens (tertiary/aromatic N) is 3. The number of hydrogen-bond donors (Lipinski definition) is 1. The van der Waals surface area contributed by atoms with Gasteiger partial charge in [-0.3, -0.25) is 19.0 Å². The number of aryl methyl sites for hydroxylation is 1. The monoisotopic (exact) mass is 456 g/mol. The lowest BCUT2D eigenvalue weighted by atomic mass is 9.97. The Balaban J connectivity index is 1.48. The summed E-state index contributed by atoms with van der Waals surface area (Å²) in [7, 11) is 0. The van der Waals surface area contributed by atoms with Gasteiger partial charge in [-0.2, -0.15) is 0 Å². The standard InChI is InChI=1S/C24H32N4O3S/c1-16-8-6-7-13-28(16)19(29)14-27-15-26-23-20(24(27)31)17(2)21(32-23)22(30)25-12-11-18-9-4-3-5-10-18/h9,15-16H,3-8,10-14H2,1-2H3,(H,25,30). The molecular formula is C24H32N4O3S. The SMILES string of the molecule is Cc1c(C(=O)NCCC2=CCCCC2)sc2ncn(CC(=O)N3CCCCC3C)c(=O)c12. The van der Waals surface area contributed by atoms with Gasteiger partial charge in [-0.25, -0.2) is 4.98 Å². The first kappa shape index (κ1) is 22.7. The van der Waals surface area contributed by atoms with Crippen LogP contribution in [0.25, 0.3) is 10.2 Å². The first-order valence-electron chi connectivity index (χ1n) is 11.7. The van der Waals surface area contributed by atoms with Crippen LogP contribution in [0.15, 0.2) is 22.8 Å². The average Bonchev–Trinajstić information content (AvgIpc) is 3.13. The zero-order chi connectivity index (χ0) is 22.7. The van der Waals surface area contributed by atoms with E-state index in [4.69, 9.17) is 0 Å². The summed E-state index contributed by atoms with van der Waals surface area (Å²) < 4.78 is 1.38. The Labute approximate surface area is 192 Å². The van der Waals surface area contributed by atoms with Gasteiger partial charge < -0.3 is 10.2 Å². The Bertz CT molecular complexity index is 1100. The van der Waals surface area contributed by atoms with E-state index in [1.807, 2.05) is 4.90 Å². The van der Waals surface area contributed by atoms with Crippen molar-refractivity contribution in [3.8, 4) is 0 Å². The van der Waals surface area contributed by atoms with Crippen LogP contribution in [0.4, 0.5) is 0 Å². The summed E-state index contributed by atoms with van der Waals surface area (Å²) in [5.74, 6) is -0.214. The molecule has 2 amide bonds. The van der Waals surface area contributed by atoms with Crippen LogP contribution in [0.5, 0.6) is 0 Å². The minimum absolute atomic E-state index is 0.0158. The molecule has 1 unspecified atom stereocenters. The van der Waals surface area contributed by atoms with Gasteiger partial charge in [-0.05, 0) is 70.8 Å². The molecule has 0 radical (unpaired) electrons. The molecule has 1 fully saturated rings. The molecule has 2 aliphatic rings. The molecule has 1 aliphatic carbocycles. The number of aromatic nitrogens is 2. The number of rotatable bonds is 6. The molecule has 8 heteroatoms. The van der Waals surface area contributed by atoms with E-state index >= 15 is 0 Å². The molecular weight excluding hydrogens is 424 g/mol. The normalized spacial score (nSPS) is 19.1. The molecule has 2 aromatic rings. The topological polar surface area (TPSA) is 84.3 Å². The molecule has 1 aliphatic heterocycles. The van der Waals surface area contributed by atoms with Crippen molar-refractivity contribution in [1.29, 1.82) is 0 Å². The van der Waals surface area contributed by atoms with Crippen LogP contribution in [0.3, 0.4) is 0 Å². The van der Waals surface area contributed by atoms with Gasteiger partial charge in [0.05, 0.1) is 16.6 Å². The summed E-state index contributed by atoms with van der Waals surface area (Å²) in [6.07, 6.45) is 12.5. The molecule has 4 rings (SSSR count). The average molecular weight is 457 g/mol. The second-order valence-corrected chi connectivity index (χ2v) is 9.96. The van der Waals surface area contributed by atoms with Gasteiger partial charge >= 0.3 is 0 Å². The van der Waals surface area contributed by atoms with E-state index in [-0.39, 0.29) is 30.0 Å². The highest BCUT2D eigenvalue weighted by Crippen LogP contribution is 2.27. The maximum absolute atomic E-state index is 13.1. The fraction of sp³-hybridized carbons (Fsp3) is 0.583. The second-order valence-electron chi connectivity index (χ2n) is 8.96. The van der Waals surface area contributed by atoms with Crippen LogP contribution >= 0.6 is 11.3 Å². The maximum atomic E-state index is 13.1. The van der Waals surface area contributed by atoms with Crippen LogP contribution in [0.2, 0.25) is 0 Å². The fourth-order valence-electron chi connectivity index (χ4n) is 4.74. The van der Waals surface area contributed by atoms with Crippen molar-refractivity contribution in [2.45, 2.75) is 77.8 Å². The highest BCUT2D eigenvalue weighted by molar-refractivity contribution is 7.20. The number of piperidine rings is 1. The zero-order valence-corrected chi connectivity index (χ0v) is 19.8. The summed E-state index contributed by atoms with van der Waals surface area (Å²) >= 11 is 1.24. The van der Waals surface area contributed by atoms with E-state index in [0.29, 0.717) is 27.2 Å². The van der Waals surface area contributed by atoms with E-state index in [2.05, 4.69) is 23.3 Å². The molecule has 172 valence electrons. The van der Waals surface area contributed by atoms with E-state index in [1.54, 1.807) is 6.92 Å². The van der Waals surface area contributed by atoms with Crippen molar-refractivity contribution in [2.75, 3.05) is 13.1 Å². The Morgan fingerprint density at radius 3 is 2.84 bits per heavy atom. The van der Waals surface area contributed by atoms with Crippen molar-refractivity contribution in [1.82, 2.24) is 19.8 Å². The van der Waals surface area contributed by atoms with Gasteiger partial charge in [0.1, 0.15) is 11.4 Å². The predicted molar refractivity (Wildman–Crippen MR) is 127 cm³/mol. The fourth-order valence-corrected chi connectivity index (χ4v) is 5.80. The van der Waals surface area contributed by atoms with Gasteiger partial charge in [-0.15, -0.1) is 11.3 Å². The van der Waals surface area contributed by atoms with Crippen LogP contribution in [0.1, 0.15) is 73.5 Å². The van der Waals surface area contributed by atoms with Gasteiger partial charge in [0.15, 0.2) is 0 Å². The summed E-state index contributed by atoms with van der Waals surface area (Å²) in [6, 6.07) is 0.200. The second kappa shape index (κ2) is 9.98. The maximum Gasteiger partial charge on any atom is 0.262 e. The number of amides is 2. The van der Waals surface area contributed by atoms with Crippen molar-refractivity contribution < 1.29 is 9.59 Å². The Morgan fingerprint density at radius 2 is 2.09 bits per heavy atom. The smallest absolute Gasteiger partial charge is 0.262 e. The lowest BCUT2D eigenvalue weighted by Crippen LogP contribution is -2.44. The lowest BCUT2D eigenvalue weighted by Gasteiger charge is -2.33. The Hall–Kier alpha value is -2.48. The summed E-state index contributed by atoms with van der Waals surface area (Å²) in [5.41, 5.74) is 1.81. The van der Waals surface area contributed by atoms with Gasteiger partial charge in [-0.1, -0.05) is 11.6 Å². The van der Waals surface area contributed by atoms with Crippen LogP contribution in [-0.4, -0.2) is 45.4 Å². The lowest BCUT2D eigenvalue weighted by molar-refractivity contribution is -0.135. The highest BCUT2D eigenvalue weighted by Gasteiger charge is 2.25. The van der Waals surface area contributed by atoms with Crippen molar-refractivity contribution >= 4 is 33.4 Å². The van der Waals surface area contributed by atoms with Crippen molar-refractivity contribution in [2.24, 2.45) is 0 Å². The molecule has 1 N–H and O–H groups in total. The Morgan fingerprint density at radius 1 is 1.25 bits per heavy atom. The molecule has 0 saturated carbocycles. The Kier molecular flexibility index (Phi) is 7.08. The van der Waals surface area contributed by atoms with Gasteiger partial charge in [0, 0.05) is 19.1 Å². The molecule has 3 heterocycles. The number of allylic oxidation sites excluding steroid dienone is 1. The van der Waals surface area contributed by atoms with E-state index in [1.165, 1.54) is 40.6 Å². The van der Waals surface area contributed by atoms with Crippen LogP contribution < -0.4 is 10.9 Å². The molecule has 1 saturated heterocycles. The van der Waals surface area contributed by atoms with Crippen molar-refractivity contribution in [3.05, 3.63) is 38.8 Å². The summed E-state index contributed by atoms with van der Waals surface area (Å²) in [5, 5.41) is 3.44. The van der Waals surface area contributed by atoms with E-state index < -0.39 is 0 Å². The molecule has 0 spiro atoms. The molecule has 7 nitrogen and oxygen atoms in total. The number of carbonyl (C=O) groups is 2. The number of fused-ring (bicyclic) bond motifs is 1. The third-order valence-electron chi connectivity index (χ3n) is 6.67. The highest BCUT2D eigenvalue weighted by atomic mass is 32.1. The number of likely N-dealkylation sites (tertiary alicyclic amines) is 1. The van der Waals surface area contributed by atoms with E-state index in [9.17, 15) is 14.4 Å². The minimum Gasteiger partial charge on any atom is -0.351 e. The number of hydrogen-bond acceptors (Lipinski definition) is 5. The number of thiophene rings is 1. The molecule has 1 atom stereocenters. The molecule has 0 aromatic carbocycles. The molecule has 0 bridgehead atoms. The quantitative estimate of drug-likeness (QED) is 0.671. The minimum atomic E-state index is -0.256. The first-order chi connectivity index (χ1) is 15.5. The summed E-state index contributed by atoms with van der Waals surface area (Å²) in [4.78, 5) is 46.0. The zero-order valence-electron chi connectivity index (χ0n) is 19.0. The largest absolute Gasteiger partial charge is 0.351 e. The number of carbonyl (C=O) groups excluding carboxylic acids is 2. The molecule has 2 aromatic heterocycles. The third-order valence-corrected chi connectivity index (χ3v) is 7.87. The van der Waals surface area contributed by atoms with E-state index in [0.717, 1.165) is 45.1 Å². The predicted octanol–water partition coefficient (Wildman–Crippen LogP) is 3.79. The third kappa shape index (κ3) is 4.80.